The summed E-state index contributed by atoms with van der Waals surface area (Å²) >= 11 is 0. The van der Waals surface area contributed by atoms with Crippen molar-refractivity contribution in [1.82, 2.24) is 10.2 Å². The van der Waals surface area contributed by atoms with Crippen molar-refractivity contribution in [3.05, 3.63) is 0 Å². The second kappa shape index (κ2) is 4.58. The topological polar surface area (TPSA) is 52.6 Å². The van der Waals surface area contributed by atoms with Gasteiger partial charge < -0.3 is 10.4 Å². The zero-order valence-corrected chi connectivity index (χ0v) is 8.29. The summed E-state index contributed by atoms with van der Waals surface area (Å²) in [7, 11) is 3.65. The van der Waals surface area contributed by atoms with Crippen LogP contribution in [0.3, 0.4) is 0 Å². The molecule has 1 aliphatic rings. The molecule has 1 heterocycles. The second-order valence-electron chi connectivity index (χ2n) is 3.85. The predicted molar refractivity (Wildman–Crippen MR) is 50.7 cm³/mol. The van der Waals surface area contributed by atoms with Crippen molar-refractivity contribution in [3.8, 4) is 0 Å². The Labute approximate surface area is 78.9 Å². The van der Waals surface area contributed by atoms with Gasteiger partial charge in [-0.2, -0.15) is 0 Å². The van der Waals surface area contributed by atoms with Crippen LogP contribution in [0.15, 0.2) is 0 Å². The fourth-order valence-corrected chi connectivity index (χ4v) is 1.99. The Bertz CT molecular complexity index is 176. The van der Waals surface area contributed by atoms with Crippen LogP contribution in [-0.2, 0) is 4.79 Å². The molecule has 2 unspecified atom stereocenters. The molecule has 1 rings (SSSR count). The number of hydrogen-bond donors (Lipinski definition) is 2. The van der Waals surface area contributed by atoms with Gasteiger partial charge in [-0.3, -0.25) is 9.69 Å². The summed E-state index contributed by atoms with van der Waals surface area (Å²) in [4.78, 5) is 12.8. The normalized spacial score (nSPS) is 25.9. The summed E-state index contributed by atoms with van der Waals surface area (Å²) in [6.07, 6.45) is 2.10. The molecule has 13 heavy (non-hydrogen) atoms. The van der Waals surface area contributed by atoms with Crippen LogP contribution in [0.4, 0.5) is 0 Å². The highest BCUT2D eigenvalue weighted by molar-refractivity contribution is 5.73. The van der Waals surface area contributed by atoms with Gasteiger partial charge in [0.1, 0.15) is 6.04 Å². The minimum atomic E-state index is -0.710. The third kappa shape index (κ3) is 2.67. The van der Waals surface area contributed by atoms with Gasteiger partial charge in [0.25, 0.3) is 0 Å². The average molecular weight is 186 g/mol. The number of carboxylic acid groups (broad SMARTS) is 1. The third-order valence-electron chi connectivity index (χ3n) is 2.59. The van der Waals surface area contributed by atoms with E-state index in [0.29, 0.717) is 0 Å². The predicted octanol–water partition coefficient (Wildman–Crippen LogP) is 0.000800. The highest BCUT2D eigenvalue weighted by Crippen LogP contribution is 2.17. The summed E-state index contributed by atoms with van der Waals surface area (Å²) in [5.74, 6) is -0.458. The van der Waals surface area contributed by atoms with Crippen LogP contribution >= 0.6 is 0 Å². The minimum absolute atomic E-state index is 0.251. The maximum absolute atomic E-state index is 11.0. The van der Waals surface area contributed by atoms with E-state index >= 15 is 0 Å². The fraction of sp³-hybridized carbons (Fsp3) is 0.889. The number of rotatable bonds is 3. The fourth-order valence-electron chi connectivity index (χ4n) is 1.99. The lowest BCUT2D eigenvalue weighted by Crippen LogP contribution is -2.47. The zero-order chi connectivity index (χ0) is 9.84. The minimum Gasteiger partial charge on any atom is -0.480 e. The lowest BCUT2D eigenvalue weighted by Gasteiger charge is -2.31. The molecule has 2 atom stereocenters. The Kier molecular flexibility index (Phi) is 3.69. The molecule has 0 radical (unpaired) electrons. The van der Waals surface area contributed by atoms with Gasteiger partial charge in [-0.15, -0.1) is 0 Å². The quantitative estimate of drug-likeness (QED) is 0.651. The molecule has 0 saturated carbocycles. The van der Waals surface area contributed by atoms with Gasteiger partial charge >= 0.3 is 5.97 Å². The highest BCUT2D eigenvalue weighted by atomic mass is 16.4. The number of nitrogens with zero attached hydrogens (tertiary/aromatic N) is 1. The first-order chi connectivity index (χ1) is 6.13. The second-order valence-corrected chi connectivity index (χ2v) is 3.85. The smallest absolute Gasteiger partial charge is 0.321 e. The Balaban J connectivity index is 2.57. The Morgan fingerprint density at radius 2 is 2.31 bits per heavy atom. The van der Waals surface area contributed by atoms with Crippen LogP contribution in [0, 0.1) is 5.92 Å². The molecule has 0 amide bonds. The standard InChI is InChI=1S/C9H18N2O2/c1-11(2)8(9(12)13)7-4-3-5-10-6-7/h7-8,10H,3-6H2,1-2H3,(H,12,13). The molecule has 0 aromatic carbocycles. The van der Waals surface area contributed by atoms with Crippen LogP contribution in [0.25, 0.3) is 0 Å². The van der Waals surface area contributed by atoms with E-state index in [1.165, 1.54) is 0 Å². The number of piperidine rings is 1. The number of nitrogens with one attached hydrogen (secondary N) is 1. The van der Waals surface area contributed by atoms with Crippen molar-refractivity contribution in [2.45, 2.75) is 18.9 Å². The Hall–Kier alpha value is -0.610. The zero-order valence-electron chi connectivity index (χ0n) is 8.29. The van der Waals surface area contributed by atoms with E-state index in [4.69, 9.17) is 5.11 Å². The molecule has 4 heteroatoms. The summed E-state index contributed by atoms with van der Waals surface area (Å²) in [5, 5.41) is 12.3. The molecule has 1 fully saturated rings. The van der Waals surface area contributed by atoms with E-state index < -0.39 is 5.97 Å². The van der Waals surface area contributed by atoms with Gasteiger partial charge in [0.15, 0.2) is 0 Å². The van der Waals surface area contributed by atoms with Crippen molar-refractivity contribution in [1.29, 1.82) is 0 Å². The molecule has 1 saturated heterocycles. The molecular formula is C9H18N2O2. The number of aliphatic carboxylic acids is 1. The molecule has 0 aromatic heterocycles. The molecule has 4 nitrogen and oxygen atoms in total. The largest absolute Gasteiger partial charge is 0.480 e. The van der Waals surface area contributed by atoms with Crippen molar-refractivity contribution >= 4 is 5.97 Å². The lowest BCUT2D eigenvalue weighted by molar-refractivity contribution is -0.144. The summed E-state index contributed by atoms with van der Waals surface area (Å²) in [6.45, 7) is 1.85. The van der Waals surface area contributed by atoms with Crippen LogP contribution in [0.2, 0.25) is 0 Å². The average Bonchev–Trinajstić information content (AvgIpc) is 2.04. The number of carbonyl (C=O) groups is 1. The van der Waals surface area contributed by atoms with Gasteiger partial charge in [-0.05, 0) is 39.4 Å². The monoisotopic (exact) mass is 186 g/mol. The first-order valence-corrected chi connectivity index (χ1v) is 4.73. The number of hydrogen-bond acceptors (Lipinski definition) is 3. The van der Waals surface area contributed by atoms with E-state index in [1.807, 2.05) is 14.1 Å². The van der Waals surface area contributed by atoms with Crippen molar-refractivity contribution in [2.75, 3.05) is 27.2 Å². The van der Waals surface area contributed by atoms with E-state index in [0.717, 1.165) is 25.9 Å². The van der Waals surface area contributed by atoms with E-state index in [-0.39, 0.29) is 12.0 Å². The molecular weight excluding hydrogens is 168 g/mol. The molecule has 0 aromatic rings. The van der Waals surface area contributed by atoms with E-state index in [1.54, 1.807) is 4.90 Å². The molecule has 0 aliphatic carbocycles. The van der Waals surface area contributed by atoms with Crippen molar-refractivity contribution < 1.29 is 9.90 Å². The molecule has 2 N–H and O–H groups in total. The molecule has 76 valence electrons. The number of carboxylic acids is 1. The SMILES string of the molecule is CN(C)C(C(=O)O)C1CCCNC1. The summed E-state index contributed by atoms with van der Waals surface area (Å²) < 4.78 is 0. The maximum Gasteiger partial charge on any atom is 0.321 e. The van der Waals surface area contributed by atoms with Crippen LogP contribution in [0.1, 0.15) is 12.8 Å². The lowest BCUT2D eigenvalue weighted by atomic mass is 9.91. The van der Waals surface area contributed by atoms with Crippen LogP contribution in [0.5, 0.6) is 0 Å². The first-order valence-electron chi connectivity index (χ1n) is 4.73. The highest BCUT2D eigenvalue weighted by Gasteiger charge is 2.30. The van der Waals surface area contributed by atoms with Crippen LogP contribution in [-0.4, -0.2) is 49.2 Å². The van der Waals surface area contributed by atoms with Crippen molar-refractivity contribution in [2.24, 2.45) is 5.92 Å². The van der Waals surface area contributed by atoms with Gasteiger partial charge in [0.2, 0.25) is 0 Å². The van der Waals surface area contributed by atoms with E-state index in [2.05, 4.69) is 5.32 Å². The molecule has 0 bridgehead atoms. The van der Waals surface area contributed by atoms with Gasteiger partial charge in [0.05, 0.1) is 0 Å². The maximum atomic E-state index is 11.0. The van der Waals surface area contributed by atoms with E-state index in [9.17, 15) is 4.79 Å². The first kappa shape index (κ1) is 10.5. The number of likely N-dealkylation sites (N-methyl/N-ethyl adjacent to an activating group) is 1. The van der Waals surface area contributed by atoms with Crippen LogP contribution < -0.4 is 5.32 Å². The van der Waals surface area contributed by atoms with Crippen molar-refractivity contribution in [3.63, 3.8) is 0 Å². The summed E-state index contributed by atoms with van der Waals surface area (Å²) in [5.41, 5.74) is 0. The van der Waals surface area contributed by atoms with Gasteiger partial charge in [-0.1, -0.05) is 0 Å². The summed E-state index contributed by atoms with van der Waals surface area (Å²) in [6, 6.07) is -0.340. The Morgan fingerprint density at radius 3 is 2.69 bits per heavy atom. The van der Waals surface area contributed by atoms with Gasteiger partial charge in [-0.25, -0.2) is 0 Å². The Morgan fingerprint density at radius 1 is 1.62 bits per heavy atom. The third-order valence-corrected chi connectivity index (χ3v) is 2.59. The molecule has 0 spiro atoms. The van der Waals surface area contributed by atoms with Gasteiger partial charge in [0, 0.05) is 6.54 Å². The molecule has 1 aliphatic heterocycles.